The van der Waals surface area contributed by atoms with Crippen molar-refractivity contribution in [2.45, 2.75) is 13.1 Å². The summed E-state index contributed by atoms with van der Waals surface area (Å²) in [4.78, 5) is 2.27. The Hall–Kier alpha value is 0.880. The van der Waals surface area contributed by atoms with Gasteiger partial charge in [-0.1, -0.05) is 0 Å². The largest absolute Gasteiger partial charge is 1.00 e. The van der Waals surface area contributed by atoms with Gasteiger partial charge in [0.05, 0.1) is 6.17 Å². The number of nitrogens with one attached hydrogen (secondary N) is 1. The SMILES string of the molecule is CC(N)N1CCNCC1.[H-].[Na+]. The molecule has 1 unspecified atom stereocenters. The first-order valence-electron chi connectivity index (χ1n) is 3.51. The maximum Gasteiger partial charge on any atom is 1.00 e. The summed E-state index contributed by atoms with van der Waals surface area (Å²) < 4.78 is 0. The van der Waals surface area contributed by atoms with Crippen molar-refractivity contribution in [2.75, 3.05) is 26.2 Å². The van der Waals surface area contributed by atoms with Crippen molar-refractivity contribution in [1.82, 2.24) is 10.2 Å². The number of piperazine rings is 1. The number of rotatable bonds is 1. The number of hydrogen-bond acceptors (Lipinski definition) is 3. The van der Waals surface area contributed by atoms with Crippen molar-refractivity contribution in [1.29, 1.82) is 0 Å². The maximum atomic E-state index is 5.67. The summed E-state index contributed by atoms with van der Waals surface area (Å²) >= 11 is 0. The Bertz CT molecular complexity index is 85.9. The first-order chi connectivity index (χ1) is 4.30. The van der Waals surface area contributed by atoms with Crippen molar-refractivity contribution in [2.24, 2.45) is 5.73 Å². The topological polar surface area (TPSA) is 41.3 Å². The van der Waals surface area contributed by atoms with E-state index < -0.39 is 0 Å². The van der Waals surface area contributed by atoms with E-state index >= 15 is 0 Å². The second-order valence-corrected chi connectivity index (χ2v) is 2.53. The molecule has 56 valence electrons. The van der Waals surface area contributed by atoms with Gasteiger partial charge in [0, 0.05) is 26.2 Å². The Balaban J connectivity index is 0. The number of nitrogens with zero attached hydrogens (tertiary/aromatic N) is 1. The van der Waals surface area contributed by atoms with Crippen molar-refractivity contribution in [3.05, 3.63) is 0 Å². The van der Waals surface area contributed by atoms with E-state index in [0.717, 1.165) is 26.2 Å². The molecule has 1 atom stereocenters. The van der Waals surface area contributed by atoms with E-state index in [0.29, 0.717) is 0 Å². The van der Waals surface area contributed by atoms with Gasteiger partial charge in [-0.3, -0.25) is 4.90 Å². The smallest absolute Gasteiger partial charge is 1.00 e. The molecule has 1 aliphatic heterocycles. The molecule has 3 N–H and O–H groups in total. The molecule has 10 heavy (non-hydrogen) atoms. The molecule has 0 aliphatic carbocycles. The molecular weight excluding hydrogens is 137 g/mol. The molecule has 4 heteroatoms. The fraction of sp³-hybridized carbons (Fsp3) is 1.00. The predicted molar refractivity (Wildman–Crippen MR) is 39.2 cm³/mol. The molecule has 0 amide bonds. The van der Waals surface area contributed by atoms with Gasteiger partial charge in [0.15, 0.2) is 0 Å². The molecule has 1 rings (SSSR count). The van der Waals surface area contributed by atoms with Crippen LogP contribution >= 0.6 is 0 Å². The van der Waals surface area contributed by atoms with Crippen LogP contribution in [0.2, 0.25) is 0 Å². The van der Waals surface area contributed by atoms with Crippen LogP contribution in [0, 0.1) is 0 Å². The Morgan fingerprint density at radius 2 is 2.00 bits per heavy atom. The van der Waals surface area contributed by atoms with Crippen molar-refractivity contribution < 1.29 is 31.0 Å². The van der Waals surface area contributed by atoms with Gasteiger partial charge < -0.3 is 12.5 Å². The Kier molecular flexibility index (Phi) is 6.01. The summed E-state index contributed by atoms with van der Waals surface area (Å²) in [6.45, 7) is 6.39. The monoisotopic (exact) mass is 153 g/mol. The molecule has 0 aromatic heterocycles. The molecule has 3 nitrogen and oxygen atoms in total. The van der Waals surface area contributed by atoms with E-state index in [9.17, 15) is 0 Å². The van der Waals surface area contributed by atoms with E-state index in [-0.39, 0.29) is 37.1 Å². The van der Waals surface area contributed by atoms with Crippen LogP contribution in [0.15, 0.2) is 0 Å². The summed E-state index contributed by atoms with van der Waals surface area (Å²) in [5.41, 5.74) is 5.67. The fourth-order valence-corrected chi connectivity index (χ4v) is 1.09. The fourth-order valence-electron chi connectivity index (χ4n) is 1.09. The minimum absolute atomic E-state index is 0. The van der Waals surface area contributed by atoms with Gasteiger partial charge in [0.25, 0.3) is 0 Å². The Labute approximate surface area is 86.1 Å². The molecule has 0 bridgehead atoms. The summed E-state index contributed by atoms with van der Waals surface area (Å²) in [7, 11) is 0. The zero-order valence-electron chi connectivity index (χ0n) is 7.93. The van der Waals surface area contributed by atoms with Crippen LogP contribution in [0.4, 0.5) is 0 Å². The molecule has 1 aliphatic rings. The Morgan fingerprint density at radius 1 is 1.50 bits per heavy atom. The quantitative estimate of drug-likeness (QED) is 0.381. The van der Waals surface area contributed by atoms with Crippen LogP contribution in [0.3, 0.4) is 0 Å². The van der Waals surface area contributed by atoms with Crippen LogP contribution in [0.25, 0.3) is 0 Å². The Morgan fingerprint density at radius 3 is 2.30 bits per heavy atom. The second-order valence-electron chi connectivity index (χ2n) is 2.53. The van der Waals surface area contributed by atoms with Gasteiger partial charge in [-0.05, 0) is 6.92 Å². The zero-order valence-corrected chi connectivity index (χ0v) is 8.93. The van der Waals surface area contributed by atoms with Crippen molar-refractivity contribution in [3.63, 3.8) is 0 Å². The maximum absolute atomic E-state index is 5.67. The minimum Gasteiger partial charge on any atom is -1.00 e. The number of nitrogens with two attached hydrogens (primary N) is 1. The molecule has 1 fully saturated rings. The van der Waals surface area contributed by atoms with Gasteiger partial charge in [-0.2, -0.15) is 0 Å². The van der Waals surface area contributed by atoms with E-state index in [1.165, 1.54) is 0 Å². The van der Waals surface area contributed by atoms with Gasteiger partial charge in [-0.25, -0.2) is 0 Å². The van der Waals surface area contributed by atoms with Gasteiger partial charge >= 0.3 is 29.6 Å². The average Bonchev–Trinajstić information content (AvgIpc) is 1.90. The molecule has 0 saturated carbocycles. The molecule has 0 aromatic carbocycles. The van der Waals surface area contributed by atoms with Gasteiger partial charge in [0.2, 0.25) is 0 Å². The summed E-state index contributed by atoms with van der Waals surface area (Å²) in [6.07, 6.45) is 0.229. The van der Waals surface area contributed by atoms with E-state index in [2.05, 4.69) is 10.2 Å². The van der Waals surface area contributed by atoms with Crippen LogP contribution < -0.4 is 40.6 Å². The summed E-state index contributed by atoms with van der Waals surface area (Å²) in [5, 5.41) is 3.27. The van der Waals surface area contributed by atoms with E-state index in [1.54, 1.807) is 0 Å². The third kappa shape index (κ3) is 3.32. The van der Waals surface area contributed by atoms with Crippen LogP contribution in [0.1, 0.15) is 8.35 Å². The first-order valence-corrected chi connectivity index (χ1v) is 3.51. The van der Waals surface area contributed by atoms with Crippen LogP contribution in [-0.2, 0) is 0 Å². The third-order valence-corrected chi connectivity index (χ3v) is 1.73. The average molecular weight is 153 g/mol. The van der Waals surface area contributed by atoms with E-state index in [4.69, 9.17) is 5.73 Å². The summed E-state index contributed by atoms with van der Waals surface area (Å²) in [5.74, 6) is 0. The van der Waals surface area contributed by atoms with Gasteiger partial charge in [0.1, 0.15) is 0 Å². The minimum atomic E-state index is 0. The molecule has 0 radical (unpaired) electrons. The normalized spacial score (nSPS) is 23.4. The molecule has 0 aromatic rings. The molecule has 1 saturated heterocycles. The molecule has 1 heterocycles. The summed E-state index contributed by atoms with van der Waals surface area (Å²) in [6, 6.07) is 0. The second kappa shape index (κ2) is 5.52. The van der Waals surface area contributed by atoms with Crippen molar-refractivity contribution >= 4 is 0 Å². The zero-order chi connectivity index (χ0) is 6.69. The third-order valence-electron chi connectivity index (χ3n) is 1.73. The van der Waals surface area contributed by atoms with Crippen molar-refractivity contribution in [3.8, 4) is 0 Å². The van der Waals surface area contributed by atoms with Crippen LogP contribution in [0.5, 0.6) is 0 Å². The van der Waals surface area contributed by atoms with Gasteiger partial charge in [-0.15, -0.1) is 0 Å². The van der Waals surface area contributed by atoms with Crippen LogP contribution in [-0.4, -0.2) is 37.2 Å². The number of hydrogen-bond donors (Lipinski definition) is 2. The van der Waals surface area contributed by atoms with E-state index in [1.807, 2.05) is 6.92 Å². The molecule has 0 spiro atoms. The predicted octanol–water partition coefficient (Wildman–Crippen LogP) is -3.69. The first kappa shape index (κ1) is 10.9. The molecular formula is C6H16N3Na. The standard InChI is InChI=1S/C6H15N3.Na.H/c1-6(7)9-4-2-8-3-5-9;;/h6,8H,2-5,7H2,1H3;;/q;+1;-1.